The minimum atomic E-state index is -4.43. The zero-order valence-corrected chi connectivity index (χ0v) is 32.7. The van der Waals surface area contributed by atoms with E-state index < -0.39 is 15.5 Å². The van der Waals surface area contributed by atoms with E-state index in [9.17, 15) is 17.8 Å². The summed E-state index contributed by atoms with van der Waals surface area (Å²) in [6, 6.07) is 10.5. The van der Waals surface area contributed by atoms with Gasteiger partial charge in [0, 0.05) is 57.6 Å². The van der Waals surface area contributed by atoms with Crippen molar-refractivity contribution < 1.29 is 27.1 Å². The molecule has 1 N–H and O–H groups in total. The number of unbranched alkanes of at least 4 members (excludes halogenated alkanes) is 3. The molecule has 4 aromatic rings. The first-order valence-electron chi connectivity index (χ1n) is 18.0. The summed E-state index contributed by atoms with van der Waals surface area (Å²) < 4.78 is 44.4. The van der Waals surface area contributed by atoms with Gasteiger partial charge < -0.3 is 9.64 Å². The summed E-state index contributed by atoms with van der Waals surface area (Å²) in [5, 5.41) is 6.32. The molecule has 1 unspecified atom stereocenters. The van der Waals surface area contributed by atoms with E-state index in [1.165, 1.54) is 38.4 Å². The Kier molecular flexibility index (Phi) is 11.1. The number of carbonyl (C=O) groups is 1. The third kappa shape index (κ3) is 6.88. The number of hydrogen-bond donors (Lipinski definition) is 1. The van der Waals surface area contributed by atoms with Crippen LogP contribution in [0.25, 0.3) is 20.2 Å². The average Bonchev–Trinajstić information content (AvgIpc) is 3.85. The maximum Gasteiger partial charge on any atom is 0.296 e. The first kappa shape index (κ1) is 37.2. The van der Waals surface area contributed by atoms with Crippen molar-refractivity contribution >= 4 is 76.5 Å². The van der Waals surface area contributed by atoms with Gasteiger partial charge in [-0.25, -0.2) is 0 Å². The summed E-state index contributed by atoms with van der Waals surface area (Å²) in [4.78, 5) is 13.1. The van der Waals surface area contributed by atoms with Gasteiger partial charge in [0.2, 0.25) is 5.69 Å². The second-order valence-corrected chi connectivity index (χ2v) is 17.5. The Morgan fingerprint density at radius 1 is 0.922 bits per heavy atom. The van der Waals surface area contributed by atoms with E-state index in [0.717, 1.165) is 73.8 Å². The third-order valence-corrected chi connectivity index (χ3v) is 13.4. The predicted octanol–water partition coefficient (Wildman–Crippen LogP) is 10.5. The van der Waals surface area contributed by atoms with E-state index in [2.05, 4.69) is 98.1 Å². The van der Waals surface area contributed by atoms with E-state index in [1.807, 2.05) is 22.8 Å². The molecule has 270 valence electrons. The summed E-state index contributed by atoms with van der Waals surface area (Å²) >= 11 is 3.14. The van der Waals surface area contributed by atoms with Crippen LogP contribution in [0, 0.1) is 0 Å². The summed E-state index contributed by atoms with van der Waals surface area (Å²) in [6.07, 6.45) is 17.6. The minimum Gasteiger partial charge on any atom is -0.468 e. The summed E-state index contributed by atoms with van der Waals surface area (Å²) in [6.45, 7) is 13.8. The van der Waals surface area contributed by atoms with Gasteiger partial charge in [0.1, 0.15) is 11.4 Å². The van der Waals surface area contributed by atoms with Crippen molar-refractivity contribution in [3.05, 3.63) is 88.3 Å². The molecule has 10 heteroatoms. The fourth-order valence-corrected chi connectivity index (χ4v) is 11.0. The molecule has 0 bridgehead atoms. The molecule has 2 aromatic heterocycles. The zero-order chi connectivity index (χ0) is 36.4. The SMILES string of the molecule is CCCCN1C(=CC=CC=CC2=[N+](CCCCCOC=O)c3cc(S(=O)(=O)O)c4sccc4c3C2(C)C)C(C)(CCC)c2c1ccc1sccc21. The number of anilines is 1. The summed E-state index contributed by atoms with van der Waals surface area (Å²) in [7, 11) is -4.43. The van der Waals surface area contributed by atoms with Crippen LogP contribution in [0.5, 0.6) is 0 Å². The van der Waals surface area contributed by atoms with Crippen molar-refractivity contribution in [2.24, 2.45) is 0 Å². The van der Waals surface area contributed by atoms with E-state index in [1.54, 1.807) is 6.07 Å². The van der Waals surface area contributed by atoms with Crippen LogP contribution in [0.15, 0.2) is 82.1 Å². The monoisotopic (exact) mass is 745 g/mol. The standard InChI is InChI=1S/C41H48N2O5S3/c1-6-8-22-42-31-17-18-33-29(19-25-49-33)38(31)41(5,21-7-2)36(42)16-12-9-11-15-35-40(3,4)37-30-20-26-50-39(30)34(51(45,46)47)27-32(37)43(35)23-13-10-14-24-48-28-44/h9,11-12,15-20,25-28H,6-8,10,13-14,21-24H2,1-5H3/p+1. The lowest BCUT2D eigenvalue weighted by Crippen LogP contribution is -2.29. The zero-order valence-electron chi connectivity index (χ0n) is 30.3. The van der Waals surface area contributed by atoms with Crippen molar-refractivity contribution in [3.8, 4) is 0 Å². The second kappa shape index (κ2) is 15.2. The largest absolute Gasteiger partial charge is 0.468 e. The van der Waals surface area contributed by atoms with E-state index in [-0.39, 0.29) is 10.3 Å². The molecule has 2 aliphatic heterocycles. The highest BCUT2D eigenvalue weighted by Crippen LogP contribution is 2.54. The third-order valence-electron chi connectivity index (χ3n) is 10.5. The Labute approximate surface area is 310 Å². The molecule has 51 heavy (non-hydrogen) atoms. The molecule has 6 rings (SSSR count). The molecule has 0 amide bonds. The van der Waals surface area contributed by atoms with Crippen molar-refractivity contribution in [2.75, 3.05) is 24.6 Å². The topological polar surface area (TPSA) is 86.9 Å². The van der Waals surface area contributed by atoms with Gasteiger partial charge in [-0.2, -0.15) is 13.0 Å². The molecular weight excluding hydrogens is 697 g/mol. The molecule has 0 fully saturated rings. The molecule has 2 aliphatic rings. The van der Waals surface area contributed by atoms with Gasteiger partial charge in [-0.1, -0.05) is 44.9 Å². The van der Waals surface area contributed by atoms with Gasteiger partial charge >= 0.3 is 0 Å². The molecule has 2 aromatic carbocycles. The number of fused-ring (bicyclic) bond motifs is 6. The molecule has 7 nitrogen and oxygen atoms in total. The first-order chi connectivity index (χ1) is 24.5. The fraction of sp³-hybridized carbons (Fsp3) is 0.415. The van der Waals surface area contributed by atoms with Crippen LogP contribution in [-0.2, 0) is 30.5 Å². The predicted molar refractivity (Wildman–Crippen MR) is 213 cm³/mol. The van der Waals surface area contributed by atoms with Gasteiger partial charge in [0.05, 0.1) is 16.7 Å². The maximum atomic E-state index is 12.6. The van der Waals surface area contributed by atoms with Crippen molar-refractivity contribution in [2.45, 2.75) is 95.3 Å². The van der Waals surface area contributed by atoms with Gasteiger partial charge in [-0.05, 0) is 98.5 Å². The van der Waals surface area contributed by atoms with Gasteiger partial charge in [-0.3, -0.25) is 9.35 Å². The van der Waals surface area contributed by atoms with Crippen LogP contribution in [0.3, 0.4) is 0 Å². The van der Waals surface area contributed by atoms with Crippen molar-refractivity contribution in [1.29, 1.82) is 0 Å². The lowest BCUT2D eigenvalue weighted by molar-refractivity contribution is -0.438. The van der Waals surface area contributed by atoms with E-state index in [4.69, 9.17) is 4.74 Å². The smallest absolute Gasteiger partial charge is 0.296 e. The molecule has 0 radical (unpaired) electrons. The molecule has 0 saturated carbocycles. The molecule has 0 saturated heterocycles. The lowest BCUT2D eigenvalue weighted by atomic mass is 9.76. The second-order valence-electron chi connectivity index (χ2n) is 14.3. The van der Waals surface area contributed by atoms with Crippen LogP contribution in [0.1, 0.15) is 90.7 Å². The van der Waals surface area contributed by atoms with Crippen LogP contribution in [0.2, 0.25) is 0 Å². The van der Waals surface area contributed by atoms with Crippen LogP contribution < -0.4 is 4.90 Å². The Balaban J connectivity index is 1.38. The van der Waals surface area contributed by atoms with Crippen LogP contribution in [-0.4, -0.2) is 49.4 Å². The summed E-state index contributed by atoms with van der Waals surface area (Å²) in [5.74, 6) is 0. The Bertz CT molecular complexity index is 2170. The maximum absolute atomic E-state index is 12.6. The Hall–Kier alpha value is -3.57. The lowest BCUT2D eigenvalue weighted by Gasteiger charge is -2.30. The van der Waals surface area contributed by atoms with Gasteiger partial charge in [0.25, 0.3) is 16.6 Å². The van der Waals surface area contributed by atoms with Gasteiger partial charge in [0.15, 0.2) is 5.71 Å². The molecule has 0 spiro atoms. The molecular formula is C41H49N2O5S3+. The molecule has 1 atom stereocenters. The number of hydrogen-bond acceptors (Lipinski definition) is 7. The highest BCUT2D eigenvalue weighted by molar-refractivity contribution is 7.86. The first-order valence-corrected chi connectivity index (χ1v) is 21.2. The molecule has 0 aliphatic carbocycles. The quantitative estimate of drug-likeness (QED) is 0.0404. The number of benzene rings is 2. The average molecular weight is 746 g/mol. The number of thiophene rings is 2. The number of allylic oxidation sites excluding steroid dienone is 6. The Morgan fingerprint density at radius 3 is 2.45 bits per heavy atom. The number of carbonyl (C=O) groups excluding carboxylic acids is 1. The van der Waals surface area contributed by atoms with Crippen molar-refractivity contribution in [3.63, 3.8) is 0 Å². The minimum absolute atomic E-state index is 0.0526. The molecule has 4 heterocycles. The Morgan fingerprint density at radius 2 is 1.71 bits per heavy atom. The van der Waals surface area contributed by atoms with Crippen LogP contribution in [0.4, 0.5) is 11.4 Å². The number of nitrogens with zero attached hydrogens (tertiary/aromatic N) is 2. The number of rotatable bonds is 16. The van der Waals surface area contributed by atoms with E-state index >= 15 is 0 Å². The number of ether oxygens (including phenoxy) is 1. The van der Waals surface area contributed by atoms with Gasteiger partial charge in [-0.15, -0.1) is 22.7 Å². The highest BCUT2D eigenvalue weighted by Gasteiger charge is 2.47. The normalized spacial score (nSPS) is 19.4. The fourth-order valence-electron chi connectivity index (χ4n) is 8.31. The van der Waals surface area contributed by atoms with Crippen molar-refractivity contribution in [1.82, 2.24) is 0 Å². The highest BCUT2D eigenvalue weighted by atomic mass is 32.2. The van der Waals surface area contributed by atoms with Crippen LogP contribution >= 0.6 is 22.7 Å². The van der Waals surface area contributed by atoms with E-state index in [0.29, 0.717) is 24.3 Å². The summed E-state index contributed by atoms with van der Waals surface area (Å²) in [5.41, 5.74) is 6.53.